The van der Waals surface area contributed by atoms with Gasteiger partial charge >= 0.3 is 0 Å². The fraction of sp³-hybridized carbons (Fsp3) is 0.444. The molecule has 0 spiro atoms. The highest BCUT2D eigenvalue weighted by Crippen LogP contribution is 2.17. The van der Waals surface area contributed by atoms with Crippen molar-refractivity contribution in [2.24, 2.45) is 5.73 Å². The van der Waals surface area contributed by atoms with Gasteiger partial charge in [0.1, 0.15) is 0 Å². The number of hydrogen-bond acceptors (Lipinski definition) is 2. The number of halogens is 2. The summed E-state index contributed by atoms with van der Waals surface area (Å²) in [5.74, 6) is 0. The maximum atomic E-state index is 12.4. The zero-order valence-corrected chi connectivity index (χ0v) is 7.37. The summed E-state index contributed by atoms with van der Waals surface area (Å²) >= 11 is 0. The first-order valence-corrected chi connectivity index (χ1v) is 3.98. The van der Waals surface area contributed by atoms with E-state index in [9.17, 15) is 8.78 Å². The monoisotopic (exact) mass is 186 g/mol. The second-order valence-corrected chi connectivity index (χ2v) is 3.34. The standard InChI is InChI=1S/C9H12F2N2/c1-9(12,8(10)11)6-7-2-4-13-5-3-7/h2-5,8H,6,12H2,1H3. The number of nitrogens with two attached hydrogens (primary N) is 1. The zero-order valence-electron chi connectivity index (χ0n) is 7.37. The average molecular weight is 186 g/mol. The van der Waals surface area contributed by atoms with E-state index in [1.54, 1.807) is 24.5 Å². The van der Waals surface area contributed by atoms with Crippen molar-refractivity contribution in [3.8, 4) is 0 Å². The molecule has 4 heteroatoms. The molecule has 0 amide bonds. The Morgan fingerprint density at radius 3 is 2.46 bits per heavy atom. The minimum Gasteiger partial charge on any atom is -0.320 e. The summed E-state index contributed by atoms with van der Waals surface area (Å²) in [4.78, 5) is 3.79. The molecule has 0 saturated carbocycles. The number of aromatic nitrogens is 1. The summed E-state index contributed by atoms with van der Waals surface area (Å²) in [6.07, 6.45) is 0.779. The lowest BCUT2D eigenvalue weighted by molar-refractivity contribution is 0.0639. The summed E-state index contributed by atoms with van der Waals surface area (Å²) in [7, 11) is 0. The van der Waals surface area contributed by atoms with E-state index < -0.39 is 12.0 Å². The maximum Gasteiger partial charge on any atom is 0.256 e. The van der Waals surface area contributed by atoms with Crippen LogP contribution in [0, 0.1) is 0 Å². The Morgan fingerprint density at radius 1 is 1.46 bits per heavy atom. The molecule has 1 rings (SSSR count). The van der Waals surface area contributed by atoms with Gasteiger partial charge in [0.2, 0.25) is 0 Å². The van der Waals surface area contributed by atoms with Crippen LogP contribution in [-0.4, -0.2) is 16.9 Å². The van der Waals surface area contributed by atoms with Gasteiger partial charge < -0.3 is 5.73 Å². The van der Waals surface area contributed by atoms with Crippen LogP contribution >= 0.6 is 0 Å². The molecule has 0 aliphatic carbocycles. The lowest BCUT2D eigenvalue weighted by Gasteiger charge is -2.23. The van der Waals surface area contributed by atoms with Crippen molar-refractivity contribution in [1.82, 2.24) is 4.98 Å². The van der Waals surface area contributed by atoms with Crippen LogP contribution in [0.1, 0.15) is 12.5 Å². The fourth-order valence-corrected chi connectivity index (χ4v) is 1.02. The van der Waals surface area contributed by atoms with Crippen LogP contribution in [0.4, 0.5) is 8.78 Å². The van der Waals surface area contributed by atoms with Gasteiger partial charge in [0, 0.05) is 12.4 Å². The second kappa shape index (κ2) is 3.79. The third-order valence-electron chi connectivity index (χ3n) is 1.83. The van der Waals surface area contributed by atoms with Gasteiger partial charge in [-0.1, -0.05) is 0 Å². The molecule has 2 N–H and O–H groups in total. The molecular weight excluding hydrogens is 174 g/mol. The molecule has 0 aliphatic heterocycles. The summed E-state index contributed by atoms with van der Waals surface area (Å²) in [6, 6.07) is 3.38. The summed E-state index contributed by atoms with van der Waals surface area (Å²) in [6.45, 7) is 1.35. The number of pyridine rings is 1. The zero-order chi connectivity index (χ0) is 9.90. The molecular formula is C9H12F2N2. The minimum atomic E-state index is -2.51. The molecule has 0 aliphatic rings. The molecule has 1 heterocycles. The van der Waals surface area contributed by atoms with Crippen molar-refractivity contribution >= 4 is 0 Å². The van der Waals surface area contributed by atoms with Crippen LogP contribution < -0.4 is 5.73 Å². The molecule has 0 aromatic carbocycles. The molecule has 0 bridgehead atoms. The Labute approximate surface area is 75.8 Å². The Morgan fingerprint density at radius 2 is 2.00 bits per heavy atom. The highest BCUT2D eigenvalue weighted by atomic mass is 19.3. The Balaban J connectivity index is 2.69. The smallest absolute Gasteiger partial charge is 0.256 e. The lowest BCUT2D eigenvalue weighted by Crippen LogP contribution is -2.45. The first-order chi connectivity index (χ1) is 6.02. The normalized spacial score (nSPS) is 15.8. The van der Waals surface area contributed by atoms with Crippen molar-refractivity contribution in [3.63, 3.8) is 0 Å². The topological polar surface area (TPSA) is 38.9 Å². The van der Waals surface area contributed by atoms with E-state index in [0.29, 0.717) is 0 Å². The molecule has 0 radical (unpaired) electrons. The highest BCUT2D eigenvalue weighted by molar-refractivity contribution is 5.13. The summed E-state index contributed by atoms with van der Waals surface area (Å²) in [5.41, 5.74) is 4.74. The summed E-state index contributed by atoms with van der Waals surface area (Å²) in [5, 5.41) is 0. The fourth-order valence-electron chi connectivity index (χ4n) is 1.02. The molecule has 1 unspecified atom stereocenters. The molecule has 1 atom stereocenters. The van der Waals surface area contributed by atoms with Gasteiger partial charge in [0.15, 0.2) is 0 Å². The van der Waals surface area contributed by atoms with Crippen molar-refractivity contribution < 1.29 is 8.78 Å². The van der Waals surface area contributed by atoms with E-state index in [4.69, 9.17) is 5.73 Å². The van der Waals surface area contributed by atoms with Gasteiger partial charge in [-0.15, -0.1) is 0 Å². The third-order valence-corrected chi connectivity index (χ3v) is 1.83. The van der Waals surface area contributed by atoms with Crippen LogP contribution in [0.5, 0.6) is 0 Å². The Bertz CT molecular complexity index is 260. The van der Waals surface area contributed by atoms with Gasteiger partial charge in [-0.3, -0.25) is 4.98 Å². The quantitative estimate of drug-likeness (QED) is 0.778. The van der Waals surface area contributed by atoms with Crippen LogP contribution in [0.3, 0.4) is 0 Å². The maximum absolute atomic E-state index is 12.4. The van der Waals surface area contributed by atoms with Crippen molar-refractivity contribution in [3.05, 3.63) is 30.1 Å². The molecule has 0 fully saturated rings. The predicted octanol–water partition coefficient (Wildman–Crippen LogP) is 1.61. The van der Waals surface area contributed by atoms with E-state index in [-0.39, 0.29) is 6.42 Å². The number of rotatable bonds is 3. The van der Waals surface area contributed by atoms with E-state index in [1.807, 2.05) is 0 Å². The molecule has 2 nitrogen and oxygen atoms in total. The molecule has 1 aromatic heterocycles. The van der Waals surface area contributed by atoms with Gasteiger partial charge in [0.25, 0.3) is 6.43 Å². The third kappa shape index (κ3) is 2.73. The molecule has 72 valence electrons. The van der Waals surface area contributed by atoms with Gasteiger partial charge in [-0.25, -0.2) is 8.78 Å². The molecule has 0 saturated heterocycles. The SMILES string of the molecule is CC(N)(Cc1ccncc1)C(F)F. The number of alkyl halides is 2. The first-order valence-electron chi connectivity index (χ1n) is 3.98. The van der Waals surface area contributed by atoms with E-state index >= 15 is 0 Å². The Kier molecular flexibility index (Phi) is 2.93. The minimum absolute atomic E-state index is 0.160. The van der Waals surface area contributed by atoms with Crippen molar-refractivity contribution in [1.29, 1.82) is 0 Å². The van der Waals surface area contributed by atoms with Crippen LogP contribution in [0.2, 0.25) is 0 Å². The van der Waals surface area contributed by atoms with E-state index in [0.717, 1.165) is 5.56 Å². The van der Waals surface area contributed by atoms with Gasteiger partial charge in [0.05, 0.1) is 5.54 Å². The molecule has 1 aromatic rings. The summed E-state index contributed by atoms with van der Waals surface area (Å²) < 4.78 is 24.7. The Hall–Kier alpha value is -1.03. The molecule has 13 heavy (non-hydrogen) atoms. The van der Waals surface area contributed by atoms with E-state index in [1.165, 1.54) is 6.92 Å². The van der Waals surface area contributed by atoms with Crippen LogP contribution in [0.15, 0.2) is 24.5 Å². The predicted molar refractivity (Wildman–Crippen MR) is 46.5 cm³/mol. The highest BCUT2D eigenvalue weighted by Gasteiger charge is 2.30. The van der Waals surface area contributed by atoms with Gasteiger partial charge in [-0.05, 0) is 31.0 Å². The van der Waals surface area contributed by atoms with Gasteiger partial charge in [-0.2, -0.15) is 0 Å². The first kappa shape index (κ1) is 10.1. The van der Waals surface area contributed by atoms with E-state index in [2.05, 4.69) is 4.98 Å². The van der Waals surface area contributed by atoms with Crippen LogP contribution in [-0.2, 0) is 6.42 Å². The lowest BCUT2D eigenvalue weighted by atomic mass is 9.95. The van der Waals surface area contributed by atoms with Crippen molar-refractivity contribution in [2.75, 3.05) is 0 Å². The second-order valence-electron chi connectivity index (χ2n) is 3.34. The van der Waals surface area contributed by atoms with Crippen molar-refractivity contribution in [2.45, 2.75) is 25.3 Å². The number of hydrogen-bond donors (Lipinski definition) is 1. The average Bonchev–Trinajstić information content (AvgIpc) is 2.05. The largest absolute Gasteiger partial charge is 0.320 e. The van der Waals surface area contributed by atoms with Crippen LogP contribution in [0.25, 0.3) is 0 Å². The number of nitrogens with zero attached hydrogens (tertiary/aromatic N) is 1.